The Morgan fingerprint density at radius 2 is 1.88 bits per heavy atom. The van der Waals surface area contributed by atoms with Gasteiger partial charge in [0.25, 0.3) is 0 Å². The molecule has 3 aromatic carbocycles. The van der Waals surface area contributed by atoms with E-state index in [-0.39, 0.29) is 0 Å². The molecule has 162 valence electrons. The number of H-pyrrole nitrogens is 2. The van der Waals surface area contributed by atoms with E-state index in [0.717, 1.165) is 51.3 Å². The summed E-state index contributed by atoms with van der Waals surface area (Å²) in [6.07, 6.45) is 4.85. The van der Waals surface area contributed by atoms with Crippen LogP contribution in [0.1, 0.15) is 23.7 Å². The van der Waals surface area contributed by atoms with Crippen LogP contribution in [0, 0.1) is 13.8 Å². The molecule has 6 rings (SSSR count). The highest BCUT2D eigenvalue weighted by Gasteiger charge is 2.16. The van der Waals surface area contributed by atoms with Crippen molar-refractivity contribution in [2.45, 2.75) is 27.2 Å². The van der Waals surface area contributed by atoms with E-state index >= 15 is 0 Å². The molecule has 0 aliphatic heterocycles. The summed E-state index contributed by atoms with van der Waals surface area (Å²) >= 11 is 0. The summed E-state index contributed by atoms with van der Waals surface area (Å²) in [5, 5.41) is 8.84. The lowest BCUT2D eigenvalue weighted by atomic mass is 9.96. The zero-order valence-electron chi connectivity index (χ0n) is 18.8. The molecule has 0 bridgehead atoms. The summed E-state index contributed by atoms with van der Waals surface area (Å²) in [5.41, 5.74) is 10.7. The minimum absolute atomic E-state index is 0.747. The van der Waals surface area contributed by atoms with Crippen LogP contribution in [-0.2, 0) is 6.42 Å². The fraction of sp³-hybridized carbons (Fsp3) is 0.148. The molecule has 0 saturated heterocycles. The molecular weight excluding hydrogens is 408 g/mol. The second-order valence-electron chi connectivity index (χ2n) is 8.52. The number of imidazole rings is 2. The first-order valence-corrected chi connectivity index (χ1v) is 11.2. The molecule has 6 aromatic rings. The van der Waals surface area contributed by atoms with Crippen LogP contribution in [-0.4, -0.2) is 29.7 Å². The molecule has 0 amide bonds. The maximum Gasteiger partial charge on any atom is 0.159 e. The van der Waals surface area contributed by atoms with Gasteiger partial charge in [0, 0.05) is 11.6 Å². The number of aromatic amines is 2. The van der Waals surface area contributed by atoms with Gasteiger partial charge >= 0.3 is 0 Å². The Morgan fingerprint density at radius 3 is 2.70 bits per heavy atom. The van der Waals surface area contributed by atoms with Crippen LogP contribution < -0.4 is 0 Å². The van der Waals surface area contributed by atoms with Crippen LogP contribution in [0.2, 0.25) is 0 Å². The van der Waals surface area contributed by atoms with Gasteiger partial charge in [-0.2, -0.15) is 5.10 Å². The molecule has 3 aromatic heterocycles. The summed E-state index contributed by atoms with van der Waals surface area (Å²) in [6, 6.07) is 19.3. The molecule has 2 N–H and O–H groups in total. The first kappa shape index (κ1) is 19.5. The van der Waals surface area contributed by atoms with E-state index in [9.17, 15) is 0 Å². The number of hydrogen-bond donors (Lipinski definition) is 2. The van der Waals surface area contributed by atoms with E-state index in [1.165, 1.54) is 22.3 Å². The molecule has 33 heavy (non-hydrogen) atoms. The maximum atomic E-state index is 4.95. The number of benzene rings is 3. The molecule has 6 nitrogen and oxygen atoms in total. The Hall–Kier alpha value is -4.19. The van der Waals surface area contributed by atoms with Gasteiger partial charge in [-0.1, -0.05) is 37.3 Å². The summed E-state index contributed by atoms with van der Waals surface area (Å²) in [6.45, 7) is 6.33. The van der Waals surface area contributed by atoms with Crippen molar-refractivity contribution >= 4 is 21.9 Å². The lowest BCUT2D eigenvalue weighted by Crippen LogP contribution is -1.91. The minimum atomic E-state index is 0.747. The van der Waals surface area contributed by atoms with Crippen molar-refractivity contribution in [2.24, 2.45) is 0 Å². The third-order valence-electron chi connectivity index (χ3n) is 6.29. The molecule has 0 aliphatic rings. The third kappa shape index (κ3) is 3.22. The predicted octanol–water partition coefficient (Wildman–Crippen LogP) is 6.14. The molecule has 0 unspecified atom stereocenters. The van der Waals surface area contributed by atoms with Gasteiger partial charge in [-0.05, 0) is 66.8 Å². The number of para-hydroxylation sites is 1. The monoisotopic (exact) mass is 432 g/mol. The largest absolute Gasteiger partial charge is 0.336 e. The van der Waals surface area contributed by atoms with Crippen LogP contribution >= 0.6 is 0 Å². The molecule has 0 spiro atoms. The quantitative estimate of drug-likeness (QED) is 0.351. The van der Waals surface area contributed by atoms with Gasteiger partial charge in [0.05, 0.1) is 28.7 Å². The van der Waals surface area contributed by atoms with Crippen LogP contribution in [0.25, 0.3) is 50.3 Å². The number of nitrogens with one attached hydrogen (secondary N) is 2. The molecule has 0 aliphatic carbocycles. The topological polar surface area (TPSA) is 75.2 Å². The van der Waals surface area contributed by atoms with Crippen LogP contribution in [0.3, 0.4) is 0 Å². The van der Waals surface area contributed by atoms with Crippen molar-refractivity contribution in [1.82, 2.24) is 29.7 Å². The number of hydrogen-bond acceptors (Lipinski definition) is 3. The first-order valence-electron chi connectivity index (χ1n) is 11.2. The average Bonchev–Trinajstić information content (AvgIpc) is 3.56. The average molecular weight is 433 g/mol. The fourth-order valence-corrected chi connectivity index (χ4v) is 4.45. The first-order chi connectivity index (χ1) is 16.1. The second-order valence-corrected chi connectivity index (χ2v) is 8.52. The van der Waals surface area contributed by atoms with E-state index < -0.39 is 0 Å². The van der Waals surface area contributed by atoms with Crippen molar-refractivity contribution in [1.29, 1.82) is 0 Å². The predicted molar refractivity (Wildman–Crippen MR) is 133 cm³/mol. The number of rotatable bonds is 4. The zero-order valence-corrected chi connectivity index (χ0v) is 18.8. The van der Waals surface area contributed by atoms with Crippen molar-refractivity contribution in [2.75, 3.05) is 0 Å². The van der Waals surface area contributed by atoms with E-state index in [1.807, 2.05) is 36.1 Å². The highest BCUT2D eigenvalue weighted by atomic mass is 15.1. The Balaban J connectivity index is 1.50. The fourth-order valence-electron chi connectivity index (χ4n) is 4.45. The Labute approximate surface area is 191 Å². The molecule has 0 radical (unpaired) electrons. The summed E-state index contributed by atoms with van der Waals surface area (Å²) in [7, 11) is 0. The molecule has 6 heteroatoms. The molecule has 3 heterocycles. The van der Waals surface area contributed by atoms with E-state index in [4.69, 9.17) is 4.98 Å². The molecule has 0 fully saturated rings. The Morgan fingerprint density at radius 1 is 0.970 bits per heavy atom. The van der Waals surface area contributed by atoms with Gasteiger partial charge in [0.15, 0.2) is 5.82 Å². The number of fused-ring (bicyclic) bond motifs is 2. The SMILES string of the molecule is CCc1ccc(C)c(-c2ccc3[nH]nc(-c4nc5c(-n6cnc(C)c6)cccc5[nH]4)c3c2)c1. The highest BCUT2D eigenvalue weighted by Crippen LogP contribution is 2.33. The van der Waals surface area contributed by atoms with Gasteiger partial charge in [-0.15, -0.1) is 0 Å². The maximum absolute atomic E-state index is 4.95. The summed E-state index contributed by atoms with van der Waals surface area (Å²) < 4.78 is 2.01. The van der Waals surface area contributed by atoms with Gasteiger partial charge < -0.3 is 9.55 Å². The smallest absolute Gasteiger partial charge is 0.159 e. The lowest BCUT2D eigenvalue weighted by molar-refractivity contribution is 1.06. The van der Waals surface area contributed by atoms with Crippen LogP contribution in [0.4, 0.5) is 0 Å². The minimum Gasteiger partial charge on any atom is -0.336 e. The number of aryl methyl sites for hydroxylation is 3. The Bertz CT molecular complexity index is 1630. The lowest BCUT2D eigenvalue weighted by Gasteiger charge is -2.09. The second kappa shape index (κ2) is 7.45. The van der Waals surface area contributed by atoms with Gasteiger partial charge in [0.1, 0.15) is 11.2 Å². The molecule has 0 saturated carbocycles. The van der Waals surface area contributed by atoms with E-state index in [2.05, 4.69) is 76.5 Å². The molecule has 0 atom stereocenters. The van der Waals surface area contributed by atoms with Crippen molar-refractivity contribution in [3.8, 4) is 28.3 Å². The van der Waals surface area contributed by atoms with E-state index in [1.54, 1.807) is 0 Å². The Kier molecular flexibility index (Phi) is 4.40. The van der Waals surface area contributed by atoms with Crippen molar-refractivity contribution < 1.29 is 0 Å². The summed E-state index contributed by atoms with van der Waals surface area (Å²) in [4.78, 5) is 12.8. The third-order valence-corrected chi connectivity index (χ3v) is 6.29. The van der Waals surface area contributed by atoms with Gasteiger partial charge in [-0.3, -0.25) is 5.10 Å². The highest BCUT2D eigenvalue weighted by molar-refractivity contribution is 5.96. The zero-order chi connectivity index (χ0) is 22.5. The standard InChI is InChI=1S/C27H24N6/c1-4-18-9-8-16(2)20(12-18)19-10-11-22-21(13-19)25(32-31-22)27-29-23-6-5-7-24(26(23)30-27)33-14-17(3)28-15-33/h5-15H,4H2,1-3H3,(H,29,30)(H,31,32). The van der Waals surface area contributed by atoms with Gasteiger partial charge in [-0.25, -0.2) is 9.97 Å². The number of nitrogens with zero attached hydrogens (tertiary/aromatic N) is 4. The van der Waals surface area contributed by atoms with Crippen molar-refractivity contribution in [3.05, 3.63) is 83.9 Å². The van der Waals surface area contributed by atoms with Crippen LogP contribution in [0.15, 0.2) is 67.1 Å². The van der Waals surface area contributed by atoms with Crippen molar-refractivity contribution in [3.63, 3.8) is 0 Å². The molecular formula is C27H24N6. The van der Waals surface area contributed by atoms with E-state index in [0.29, 0.717) is 0 Å². The normalized spacial score (nSPS) is 11.6. The van der Waals surface area contributed by atoms with Crippen LogP contribution in [0.5, 0.6) is 0 Å². The number of aromatic nitrogens is 6. The van der Waals surface area contributed by atoms with Gasteiger partial charge in [0.2, 0.25) is 0 Å². The summed E-state index contributed by atoms with van der Waals surface area (Å²) in [5.74, 6) is 0.747.